The van der Waals surface area contributed by atoms with Crippen LogP contribution < -0.4 is 64.2 Å². The average Bonchev–Trinajstić information content (AvgIpc) is 1.81. The summed E-state index contributed by atoms with van der Waals surface area (Å²) in [5.41, 5.74) is 4.94. The number of nitrogens with two attached hydrogens (primary N) is 1. The Morgan fingerprint density at radius 2 is 0.922 bits per heavy atom. The minimum atomic E-state index is -1.75. The number of amides is 11. The highest BCUT2D eigenvalue weighted by Crippen LogP contribution is 2.23. The number of carbonyl (C=O) groups excluding carboxylic acids is 11. The standard InChI is InChI=1S/C75H109N13O15/c1-14-16-23-33-74(12,72(102)86-60(71(100)101)40-51-41-77-54-28-22-21-27-53(51)54)87-61(91)42-78-63(92)46(9)79-65(94)56(36-44(5)6)85-73(103)75(13,34-24-17-15-2)88-69(98)57(37-45(7)8)83-66(95)55(35-43(3)4)82-68(97)59(38-49-25-19-18-20-26-49)84-67(96)58(39-50-29-31-52(90)32-30-50)81-64(93)47(10)80-70(99)62(76)48(11)89/h14-15,18-22,25-32,41,43-48,55-60,62,77,89-90H,1-2,16-17,23-24,33-40,42,76H2,3-13H3,(H,78,92)(H,79,94)(H,80,99)(H,81,93)(H,82,97)(H,83,95)(H,84,96)(H,85,103)(H,86,102)(H,87,91)(H,88,98)(H,100,101)/t46-,47-,48+,55-,56-,57-,58-,59-,60-,62-,74-,75-/m0/s1. The highest BCUT2D eigenvalue weighted by Gasteiger charge is 2.42. The second-order valence-corrected chi connectivity index (χ2v) is 28.2. The van der Waals surface area contributed by atoms with Gasteiger partial charge in [-0.25, -0.2) is 4.79 Å². The molecule has 28 nitrogen and oxygen atoms in total. The molecule has 11 amide bonds. The number of allylic oxidation sites excluding steroid dienone is 2. The van der Waals surface area contributed by atoms with Crippen LogP contribution >= 0.6 is 0 Å². The van der Waals surface area contributed by atoms with Crippen LogP contribution in [-0.4, -0.2) is 169 Å². The fraction of sp³-hybridized carbons (Fsp3) is 0.520. The molecular formula is C75H109N13O15. The summed E-state index contributed by atoms with van der Waals surface area (Å²) in [6, 6.07) is 9.83. The van der Waals surface area contributed by atoms with Crippen LogP contribution in [-0.2, 0) is 76.8 Å². The first-order chi connectivity index (χ1) is 48.5. The lowest BCUT2D eigenvalue weighted by Gasteiger charge is -2.34. The zero-order valence-corrected chi connectivity index (χ0v) is 61.2. The van der Waals surface area contributed by atoms with Crippen molar-refractivity contribution in [1.29, 1.82) is 0 Å². The summed E-state index contributed by atoms with van der Waals surface area (Å²) in [6.45, 7) is 24.7. The Hall–Kier alpha value is -9.96. The lowest BCUT2D eigenvalue weighted by molar-refractivity contribution is -0.143. The fourth-order valence-corrected chi connectivity index (χ4v) is 11.4. The Balaban J connectivity index is 1.53. The first-order valence-electron chi connectivity index (χ1n) is 35.1. The molecule has 4 aromatic rings. The van der Waals surface area contributed by atoms with Gasteiger partial charge < -0.3 is 84.5 Å². The van der Waals surface area contributed by atoms with Crippen LogP contribution in [0, 0.1) is 17.8 Å². The zero-order chi connectivity index (χ0) is 76.9. The van der Waals surface area contributed by atoms with Gasteiger partial charge in [0.15, 0.2) is 0 Å². The topological polar surface area (TPSA) is 440 Å². The normalized spacial score (nSPS) is 15.4. The quantitative estimate of drug-likeness (QED) is 0.0223. The molecule has 0 spiro atoms. The van der Waals surface area contributed by atoms with E-state index in [4.69, 9.17) is 5.73 Å². The monoisotopic (exact) mass is 1430 g/mol. The van der Waals surface area contributed by atoms with E-state index in [1.54, 1.807) is 48.7 Å². The van der Waals surface area contributed by atoms with Crippen LogP contribution in [0.1, 0.15) is 151 Å². The van der Waals surface area contributed by atoms with Crippen molar-refractivity contribution >= 4 is 81.9 Å². The lowest BCUT2D eigenvalue weighted by Crippen LogP contribution is -2.64. The highest BCUT2D eigenvalue weighted by molar-refractivity contribution is 6.00. The predicted molar refractivity (Wildman–Crippen MR) is 391 cm³/mol. The minimum Gasteiger partial charge on any atom is -0.508 e. The van der Waals surface area contributed by atoms with Crippen molar-refractivity contribution in [2.75, 3.05) is 6.54 Å². The maximum Gasteiger partial charge on any atom is 0.326 e. The molecule has 0 aliphatic heterocycles. The molecule has 1 heterocycles. The van der Waals surface area contributed by atoms with Gasteiger partial charge in [0.2, 0.25) is 65.0 Å². The fourth-order valence-electron chi connectivity index (χ4n) is 11.4. The van der Waals surface area contributed by atoms with Crippen LogP contribution in [0.15, 0.2) is 110 Å². The third kappa shape index (κ3) is 28.1. The maximum atomic E-state index is 14.8. The van der Waals surface area contributed by atoms with Crippen molar-refractivity contribution in [3.63, 3.8) is 0 Å². The van der Waals surface area contributed by atoms with E-state index in [0.717, 1.165) is 10.9 Å². The summed E-state index contributed by atoms with van der Waals surface area (Å²) in [7, 11) is 0. The van der Waals surface area contributed by atoms with Gasteiger partial charge in [-0.15, -0.1) is 13.2 Å². The number of rotatable bonds is 44. The number of aliphatic hydroxyl groups is 1. The Bertz CT molecular complexity index is 3560. The van der Waals surface area contributed by atoms with Crippen molar-refractivity contribution in [3.8, 4) is 5.75 Å². The van der Waals surface area contributed by atoms with Gasteiger partial charge in [-0.2, -0.15) is 0 Å². The van der Waals surface area contributed by atoms with Gasteiger partial charge in [-0.3, -0.25) is 52.7 Å². The highest BCUT2D eigenvalue weighted by atomic mass is 16.4. The van der Waals surface area contributed by atoms with Crippen LogP contribution in [0.3, 0.4) is 0 Å². The minimum absolute atomic E-state index is 0.0181. The first-order valence-corrected chi connectivity index (χ1v) is 35.1. The lowest BCUT2D eigenvalue weighted by atomic mass is 9.91. The first kappa shape index (κ1) is 85.5. The van der Waals surface area contributed by atoms with Crippen molar-refractivity contribution < 1.29 is 72.9 Å². The number of fused-ring (bicyclic) bond motifs is 1. The third-order valence-corrected chi connectivity index (χ3v) is 17.4. The Kier molecular flexibility index (Phi) is 34.2. The van der Waals surface area contributed by atoms with Gasteiger partial charge in [0.1, 0.15) is 71.2 Å². The number of unbranched alkanes of at least 4 members (excludes halogenated alkanes) is 2. The largest absolute Gasteiger partial charge is 0.508 e. The molecule has 4 rings (SSSR count). The van der Waals surface area contributed by atoms with Gasteiger partial charge in [0, 0.05) is 36.4 Å². The molecule has 0 saturated carbocycles. The number of hydrogen-bond acceptors (Lipinski definition) is 15. The second kappa shape index (κ2) is 41.2. The molecule has 28 heteroatoms. The number of benzene rings is 3. The Labute approximate surface area is 603 Å². The molecule has 0 radical (unpaired) electrons. The van der Waals surface area contributed by atoms with E-state index in [1.807, 2.05) is 65.8 Å². The molecule has 17 N–H and O–H groups in total. The molecule has 0 unspecified atom stereocenters. The molecule has 0 fully saturated rings. The van der Waals surface area contributed by atoms with E-state index < -0.39 is 149 Å². The summed E-state index contributed by atoms with van der Waals surface area (Å²) in [4.78, 5) is 171. The third-order valence-electron chi connectivity index (χ3n) is 17.4. The SMILES string of the molecule is C=CCCC[C@](C)(NC(=O)CNC(=O)[C@H](C)NC(=O)[C@H](CC(C)C)NC(=O)[C@](C)(CCCC=C)NC(=O)[C@H](CC(C)C)NC(=O)[C@H](CC(C)C)NC(=O)[C@H](Cc1ccccc1)NC(=O)[C@H](Cc1ccc(O)cc1)NC(=O)[C@H](C)NC(=O)[C@@H](N)[C@@H](C)O)C(=O)N[C@@H](Cc1c[nH]c2ccccc12)C(=O)O. The van der Waals surface area contributed by atoms with Crippen molar-refractivity contribution in [3.05, 3.63) is 127 Å². The molecule has 0 aliphatic carbocycles. The van der Waals surface area contributed by atoms with E-state index in [2.05, 4.69) is 76.6 Å². The number of para-hydroxylation sites is 1. The number of hydrogen-bond donors (Lipinski definition) is 16. The van der Waals surface area contributed by atoms with E-state index in [0.29, 0.717) is 42.4 Å². The summed E-state index contributed by atoms with van der Waals surface area (Å²) >= 11 is 0. The van der Waals surface area contributed by atoms with Crippen LogP contribution in [0.2, 0.25) is 0 Å². The molecule has 3 aromatic carbocycles. The number of H-pyrrole nitrogens is 1. The number of carboxylic acids is 1. The number of aromatic nitrogens is 1. The van der Waals surface area contributed by atoms with Crippen molar-refractivity contribution in [2.45, 2.75) is 225 Å². The van der Waals surface area contributed by atoms with E-state index in [-0.39, 0.29) is 74.9 Å². The van der Waals surface area contributed by atoms with Gasteiger partial charge in [-0.05, 0) is 145 Å². The number of aromatic hydroxyl groups is 1. The number of carboxylic acid groups (broad SMARTS) is 1. The number of phenols is 1. The molecule has 0 aliphatic rings. The van der Waals surface area contributed by atoms with Gasteiger partial charge in [0.05, 0.1) is 12.6 Å². The Morgan fingerprint density at radius 3 is 1.44 bits per heavy atom. The number of aliphatic hydroxyl groups excluding tert-OH is 1. The summed E-state index contributed by atoms with van der Waals surface area (Å²) in [5, 5.41) is 60.3. The molecule has 103 heavy (non-hydrogen) atoms. The van der Waals surface area contributed by atoms with Crippen molar-refractivity contribution in [1.82, 2.24) is 63.5 Å². The zero-order valence-electron chi connectivity index (χ0n) is 61.2. The molecule has 12 atom stereocenters. The number of carbonyl (C=O) groups is 12. The molecule has 0 saturated heterocycles. The van der Waals surface area contributed by atoms with Gasteiger partial charge in [0.25, 0.3) is 0 Å². The van der Waals surface area contributed by atoms with E-state index >= 15 is 0 Å². The van der Waals surface area contributed by atoms with Crippen LogP contribution in [0.25, 0.3) is 10.9 Å². The van der Waals surface area contributed by atoms with E-state index in [9.17, 15) is 72.9 Å². The van der Waals surface area contributed by atoms with Crippen LogP contribution in [0.5, 0.6) is 5.75 Å². The smallest absolute Gasteiger partial charge is 0.326 e. The van der Waals surface area contributed by atoms with Crippen LogP contribution in [0.4, 0.5) is 0 Å². The van der Waals surface area contributed by atoms with Gasteiger partial charge >= 0.3 is 5.97 Å². The molecule has 564 valence electrons. The molecule has 0 bridgehead atoms. The van der Waals surface area contributed by atoms with E-state index in [1.165, 1.54) is 58.9 Å². The number of aromatic amines is 1. The predicted octanol–water partition coefficient (Wildman–Crippen LogP) is 3.33. The molecule has 1 aromatic heterocycles. The number of aliphatic carboxylic acids is 1. The summed E-state index contributed by atoms with van der Waals surface area (Å²) < 4.78 is 0. The number of phenolic OH excluding ortho intramolecular Hbond substituents is 1. The number of nitrogens with one attached hydrogen (secondary N) is 12. The Morgan fingerprint density at radius 1 is 0.495 bits per heavy atom. The molecular weight excluding hydrogens is 1320 g/mol. The maximum absolute atomic E-state index is 14.8. The second-order valence-electron chi connectivity index (χ2n) is 28.2. The van der Waals surface area contributed by atoms with Crippen molar-refractivity contribution in [2.24, 2.45) is 23.5 Å². The average molecular weight is 1430 g/mol. The summed E-state index contributed by atoms with van der Waals surface area (Å²) in [6.07, 6.45) is 5.22. The summed E-state index contributed by atoms with van der Waals surface area (Å²) in [5.74, 6) is -10.8. The van der Waals surface area contributed by atoms with Gasteiger partial charge in [-0.1, -0.05) is 114 Å².